The molecule has 7 nitrogen and oxygen atoms in total. The Kier molecular flexibility index (Phi) is 4.75. The molecule has 0 bridgehead atoms. The van der Waals surface area contributed by atoms with E-state index >= 15 is 0 Å². The molecule has 5 rings (SSSR count). The molecule has 154 valence electrons. The number of nitrogens with zero attached hydrogens (tertiary/aromatic N) is 2. The molecule has 1 N–H and O–H groups in total. The molecule has 3 atom stereocenters. The summed E-state index contributed by atoms with van der Waals surface area (Å²) < 4.78 is 5.36. The molecule has 30 heavy (non-hydrogen) atoms. The van der Waals surface area contributed by atoms with Gasteiger partial charge in [-0.05, 0) is 41.7 Å². The predicted molar refractivity (Wildman–Crippen MR) is 113 cm³/mol. The van der Waals surface area contributed by atoms with Gasteiger partial charge >= 0.3 is 0 Å². The summed E-state index contributed by atoms with van der Waals surface area (Å²) in [7, 11) is 0. The maximum atomic E-state index is 12.9. The van der Waals surface area contributed by atoms with Gasteiger partial charge in [-0.2, -0.15) is 0 Å². The zero-order valence-electron chi connectivity index (χ0n) is 16.5. The van der Waals surface area contributed by atoms with Crippen LogP contribution in [0.25, 0.3) is 0 Å². The van der Waals surface area contributed by atoms with E-state index in [-0.39, 0.29) is 28.5 Å². The van der Waals surface area contributed by atoms with Gasteiger partial charge in [-0.15, -0.1) is 0 Å². The molecule has 0 saturated carbocycles. The Morgan fingerprint density at radius 2 is 1.90 bits per heavy atom. The van der Waals surface area contributed by atoms with Gasteiger partial charge in [0.1, 0.15) is 0 Å². The zero-order valence-corrected chi connectivity index (χ0v) is 16.5. The number of carbonyl (C=O) groups excluding carboxylic acids is 1. The second-order valence-electron chi connectivity index (χ2n) is 8.03. The molecular weight excluding hydrogens is 382 g/mol. The van der Waals surface area contributed by atoms with Crippen molar-refractivity contribution in [1.29, 1.82) is 0 Å². The predicted octanol–water partition coefficient (Wildman–Crippen LogP) is 3.89. The number of anilines is 1. The van der Waals surface area contributed by atoms with Crippen molar-refractivity contribution in [2.75, 3.05) is 31.6 Å². The van der Waals surface area contributed by atoms with Crippen molar-refractivity contribution in [3.63, 3.8) is 0 Å². The van der Waals surface area contributed by atoms with Gasteiger partial charge in [-0.3, -0.25) is 14.9 Å². The maximum absolute atomic E-state index is 12.9. The molecule has 2 heterocycles. The van der Waals surface area contributed by atoms with Crippen molar-refractivity contribution in [2.24, 2.45) is 5.92 Å². The lowest BCUT2D eigenvalue weighted by Gasteiger charge is -2.38. The van der Waals surface area contributed by atoms with Gasteiger partial charge in [0, 0.05) is 42.4 Å². The first-order valence-corrected chi connectivity index (χ1v) is 10.3. The number of morpholine rings is 1. The Morgan fingerprint density at radius 3 is 2.63 bits per heavy atom. The molecule has 0 radical (unpaired) electrons. The Morgan fingerprint density at radius 1 is 1.13 bits per heavy atom. The first-order valence-electron chi connectivity index (χ1n) is 10.3. The van der Waals surface area contributed by atoms with Crippen LogP contribution in [-0.2, 0) is 4.74 Å². The van der Waals surface area contributed by atoms with E-state index in [1.807, 2.05) is 35.2 Å². The number of nitrogens with one attached hydrogen (secondary N) is 1. The van der Waals surface area contributed by atoms with Crippen molar-refractivity contribution in [1.82, 2.24) is 4.90 Å². The monoisotopic (exact) mass is 405 g/mol. The third-order valence-electron chi connectivity index (χ3n) is 6.37. The van der Waals surface area contributed by atoms with Crippen molar-refractivity contribution >= 4 is 17.3 Å². The summed E-state index contributed by atoms with van der Waals surface area (Å²) >= 11 is 0. The molecule has 2 aromatic carbocycles. The average Bonchev–Trinajstić information content (AvgIpc) is 3.29. The summed E-state index contributed by atoms with van der Waals surface area (Å²) in [6.45, 7) is 2.43. The molecule has 0 aromatic heterocycles. The number of hydrogen-bond donors (Lipinski definition) is 1. The first-order chi connectivity index (χ1) is 14.6. The Balaban J connectivity index is 1.44. The van der Waals surface area contributed by atoms with E-state index in [4.69, 9.17) is 4.74 Å². The van der Waals surface area contributed by atoms with Crippen LogP contribution in [0.4, 0.5) is 11.4 Å². The third kappa shape index (κ3) is 3.25. The van der Waals surface area contributed by atoms with E-state index in [1.165, 1.54) is 0 Å². The van der Waals surface area contributed by atoms with E-state index in [2.05, 4.69) is 17.5 Å². The lowest BCUT2D eigenvalue weighted by atomic mass is 9.76. The number of fused-ring (bicyclic) bond motifs is 3. The molecule has 1 fully saturated rings. The minimum absolute atomic E-state index is 0.0529. The SMILES string of the molecule is O=C(c1ccc2c(c1)[C@@H]1C=CC[C@@H]1[C@H](c1ccc([N+](=O)[O-])cc1)N2)N1CCOCC1. The maximum Gasteiger partial charge on any atom is 0.269 e. The van der Waals surface area contributed by atoms with Gasteiger partial charge in [0.2, 0.25) is 0 Å². The summed E-state index contributed by atoms with van der Waals surface area (Å²) in [6, 6.07) is 12.8. The third-order valence-corrected chi connectivity index (χ3v) is 6.37. The van der Waals surface area contributed by atoms with Crippen LogP contribution < -0.4 is 5.32 Å². The number of benzene rings is 2. The average molecular weight is 405 g/mol. The van der Waals surface area contributed by atoms with E-state index < -0.39 is 0 Å². The Hall–Kier alpha value is -3.19. The molecule has 2 aromatic rings. The quantitative estimate of drug-likeness (QED) is 0.476. The molecule has 7 heteroatoms. The fraction of sp³-hybridized carbons (Fsp3) is 0.348. The fourth-order valence-corrected chi connectivity index (χ4v) is 4.81. The molecule has 0 unspecified atom stereocenters. The first kappa shape index (κ1) is 18.8. The van der Waals surface area contributed by atoms with E-state index in [0.29, 0.717) is 37.8 Å². The van der Waals surface area contributed by atoms with E-state index in [1.54, 1.807) is 12.1 Å². The van der Waals surface area contributed by atoms with Crippen LogP contribution in [0, 0.1) is 16.0 Å². The lowest BCUT2D eigenvalue weighted by Crippen LogP contribution is -2.40. The fourth-order valence-electron chi connectivity index (χ4n) is 4.81. The van der Waals surface area contributed by atoms with Crippen molar-refractivity contribution in [2.45, 2.75) is 18.4 Å². The van der Waals surface area contributed by atoms with Crippen molar-refractivity contribution < 1.29 is 14.5 Å². The minimum atomic E-state index is -0.375. The minimum Gasteiger partial charge on any atom is -0.378 e. The summed E-state index contributed by atoms with van der Waals surface area (Å²) in [5.74, 6) is 0.587. The summed E-state index contributed by atoms with van der Waals surface area (Å²) in [5, 5.41) is 14.6. The highest BCUT2D eigenvalue weighted by Crippen LogP contribution is 2.50. The standard InChI is InChI=1S/C23H23N3O4/c27-23(25-10-12-30-13-11-25)16-6-9-21-20(14-16)18-2-1-3-19(18)22(24-21)15-4-7-17(8-5-15)26(28)29/h1-2,4-9,14,18-19,22,24H,3,10-13H2/t18-,19+,22+/m1/s1. The topological polar surface area (TPSA) is 84.7 Å². The Bertz CT molecular complexity index is 1010. The number of hydrogen-bond acceptors (Lipinski definition) is 5. The normalized spacial score (nSPS) is 24.7. The second kappa shape index (κ2) is 7.57. The summed E-state index contributed by atoms with van der Waals surface area (Å²) in [4.78, 5) is 25.4. The van der Waals surface area contributed by atoms with Gasteiger partial charge in [-0.25, -0.2) is 0 Å². The van der Waals surface area contributed by atoms with Gasteiger partial charge in [-0.1, -0.05) is 24.3 Å². The summed E-state index contributed by atoms with van der Waals surface area (Å²) in [5.41, 5.74) is 4.02. The highest BCUT2D eigenvalue weighted by molar-refractivity contribution is 5.95. The van der Waals surface area contributed by atoms with E-state index in [9.17, 15) is 14.9 Å². The molecule has 1 saturated heterocycles. The molecule has 1 aliphatic carbocycles. The number of rotatable bonds is 3. The van der Waals surface area contributed by atoms with Crippen LogP contribution in [0.5, 0.6) is 0 Å². The van der Waals surface area contributed by atoms with Gasteiger partial charge < -0.3 is 15.0 Å². The lowest BCUT2D eigenvalue weighted by molar-refractivity contribution is -0.384. The molecule has 1 amide bonds. The number of nitro groups is 1. The second-order valence-corrected chi connectivity index (χ2v) is 8.03. The largest absolute Gasteiger partial charge is 0.378 e. The highest BCUT2D eigenvalue weighted by Gasteiger charge is 2.38. The van der Waals surface area contributed by atoms with Crippen molar-refractivity contribution in [3.8, 4) is 0 Å². The number of nitro benzene ring substituents is 1. The van der Waals surface area contributed by atoms with Crippen LogP contribution in [0.2, 0.25) is 0 Å². The number of carbonyl (C=O) groups is 1. The molecule has 2 aliphatic heterocycles. The van der Waals surface area contributed by atoms with Gasteiger partial charge in [0.15, 0.2) is 0 Å². The van der Waals surface area contributed by atoms with Gasteiger partial charge in [0.25, 0.3) is 11.6 Å². The van der Waals surface area contributed by atoms with Crippen LogP contribution in [0.15, 0.2) is 54.6 Å². The van der Waals surface area contributed by atoms with Crippen LogP contribution >= 0.6 is 0 Å². The molecule has 0 spiro atoms. The zero-order chi connectivity index (χ0) is 20.7. The number of ether oxygens (including phenoxy) is 1. The number of amides is 1. The Labute approximate surface area is 174 Å². The summed E-state index contributed by atoms with van der Waals surface area (Å²) in [6.07, 6.45) is 5.35. The van der Waals surface area contributed by atoms with Crippen LogP contribution in [0.3, 0.4) is 0 Å². The van der Waals surface area contributed by atoms with Crippen LogP contribution in [0.1, 0.15) is 39.9 Å². The van der Waals surface area contributed by atoms with Gasteiger partial charge in [0.05, 0.1) is 24.2 Å². The molecular formula is C23H23N3O4. The highest BCUT2D eigenvalue weighted by atomic mass is 16.6. The number of allylic oxidation sites excluding steroid dienone is 2. The van der Waals surface area contributed by atoms with Crippen LogP contribution in [-0.4, -0.2) is 42.0 Å². The smallest absolute Gasteiger partial charge is 0.269 e. The molecule has 3 aliphatic rings. The van der Waals surface area contributed by atoms with Crippen molar-refractivity contribution in [3.05, 3.63) is 81.4 Å². The number of non-ortho nitro benzene ring substituents is 1. The van der Waals surface area contributed by atoms with E-state index in [0.717, 1.165) is 23.2 Å².